The fourth-order valence-corrected chi connectivity index (χ4v) is 4.53. The minimum absolute atomic E-state index is 0.193. The third kappa shape index (κ3) is 4.22. The molecule has 3 rings (SSSR count). The van der Waals surface area contributed by atoms with E-state index in [4.69, 9.17) is 16.3 Å². The molecule has 2 aliphatic carbocycles. The second kappa shape index (κ2) is 8.43. The van der Waals surface area contributed by atoms with Gasteiger partial charge in [0.25, 0.3) is 5.91 Å². The summed E-state index contributed by atoms with van der Waals surface area (Å²) >= 11 is 5.98. The van der Waals surface area contributed by atoms with Crippen molar-refractivity contribution in [2.24, 2.45) is 5.92 Å². The fraction of sp³-hybridized carbons (Fsp3) is 0.619. The monoisotopic (exact) mass is 377 g/mol. The number of carbonyl (C=O) groups is 2. The number of amides is 1. The molecule has 0 spiro atoms. The Balaban J connectivity index is 1.60. The molecule has 1 aromatic rings. The third-order valence-electron chi connectivity index (χ3n) is 6.04. The van der Waals surface area contributed by atoms with Gasteiger partial charge in [0.2, 0.25) is 0 Å². The summed E-state index contributed by atoms with van der Waals surface area (Å²) in [5.41, 5.74) is 0.300. The molecular formula is C21H28ClNO3. The number of benzene rings is 1. The summed E-state index contributed by atoms with van der Waals surface area (Å²) in [6, 6.07) is 7.62. The molecule has 4 nitrogen and oxygen atoms in total. The van der Waals surface area contributed by atoms with Crippen LogP contribution in [0.4, 0.5) is 0 Å². The standard InChI is InChI=1S/C21H28ClNO3/c1-15-6-2-3-7-18(15)23-19(24)14-26-20(25)21(12-4-5-13-21)16-8-10-17(22)11-9-16/h8-11,15,18H,2-7,12-14H2,1H3,(H,23,24)/t15-,18-/m0/s1. The first-order chi connectivity index (χ1) is 12.5. The van der Waals surface area contributed by atoms with E-state index in [9.17, 15) is 9.59 Å². The van der Waals surface area contributed by atoms with E-state index in [0.717, 1.165) is 50.5 Å². The molecule has 1 N–H and O–H groups in total. The van der Waals surface area contributed by atoms with Crippen LogP contribution >= 0.6 is 11.6 Å². The number of nitrogens with one attached hydrogen (secondary N) is 1. The van der Waals surface area contributed by atoms with E-state index in [-0.39, 0.29) is 24.5 Å². The van der Waals surface area contributed by atoms with Gasteiger partial charge < -0.3 is 10.1 Å². The van der Waals surface area contributed by atoms with Gasteiger partial charge in [-0.3, -0.25) is 9.59 Å². The van der Waals surface area contributed by atoms with Crippen molar-refractivity contribution >= 4 is 23.5 Å². The molecule has 26 heavy (non-hydrogen) atoms. The highest BCUT2D eigenvalue weighted by Crippen LogP contribution is 2.42. The normalized spacial score (nSPS) is 24.8. The molecule has 1 amide bonds. The Morgan fingerprint density at radius 3 is 2.42 bits per heavy atom. The summed E-state index contributed by atoms with van der Waals surface area (Å²) in [4.78, 5) is 25.1. The van der Waals surface area contributed by atoms with E-state index in [2.05, 4.69) is 12.2 Å². The van der Waals surface area contributed by atoms with E-state index < -0.39 is 5.41 Å². The summed E-state index contributed by atoms with van der Waals surface area (Å²) in [6.07, 6.45) is 8.03. The van der Waals surface area contributed by atoms with Crippen LogP contribution in [0.15, 0.2) is 24.3 Å². The van der Waals surface area contributed by atoms with Gasteiger partial charge in [0, 0.05) is 11.1 Å². The highest BCUT2D eigenvalue weighted by atomic mass is 35.5. The lowest BCUT2D eigenvalue weighted by Gasteiger charge is -2.30. The lowest BCUT2D eigenvalue weighted by atomic mass is 9.79. The quantitative estimate of drug-likeness (QED) is 0.774. The number of rotatable bonds is 5. The average molecular weight is 378 g/mol. The van der Waals surface area contributed by atoms with Gasteiger partial charge in [-0.1, -0.05) is 56.3 Å². The Bertz CT molecular complexity index is 637. The molecule has 0 heterocycles. The maximum atomic E-state index is 12.9. The highest BCUT2D eigenvalue weighted by molar-refractivity contribution is 6.30. The maximum Gasteiger partial charge on any atom is 0.317 e. The number of carbonyl (C=O) groups excluding carboxylic acids is 2. The topological polar surface area (TPSA) is 55.4 Å². The Kier molecular flexibility index (Phi) is 6.23. The van der Waals surface area contributed by atoms with E-state index in [1.54, 1.807) is 12.1 Å². The first kappa shape index (κ1) is 19.2. The SMILES string of the molecule is C[C@H]1CCCC[C@@H]1NC(=O)COC(=O)C1(c2ccc(Cl)cc2)CCCC1. The molecule has 0 saturated heterocycles. The number of hydrogen-bond acceptors (Lipinski definition) is 3. The fourth-order valence-electron chi connectivity index (χ4n) is 4.41. The molecule has 5 heteroatoms. The average Bonchev–Trinajstić information content (AvgIpc) is 3.13. The van der Waals surface area contributed by atoms with Crippen molar-refractivity contribution in [1.82, 2.24) is 5.32 Å². The predicted octanol–water partition coefficient (Wildman–Crippen LogP) is 4.39. The number of ether oxygens (including phenoxy) is 1. The zero-order chi connectivity index (χ0) is 18.6. The van der Waals surface area contributed by atoms with Crippen molar-refractivity contribution in [3.63, 3.8) is 0 Å². The Morgan fingerprint density at radius 1 is 1.12 bits per heavy atom. The van der Waals surface area contributed by atoms with E-state index in [0.29, 0.717) is 10.9 Å². The van der Waals surface area contributed by atoms with Crippen LogP contribution in [0.1, 0.15) is 63.9 Å². The molecule has 0 radical (unpaired) electrons. The predicted molar refractivity (Wildman–Crippen MR) is 102 cm³/mol. The van der Waals surface area contributed by atoms with Crippen molar-refractivity contribution in [3.05, 3.63) is 34.9 Å². The summed E-state index contributed by atoms with van der Waals surface area (Å²) in [5, 5.41) is 3.69. The van der Waals surface area contributed by atoms with E-state index >= 15 is 0 Å². The second-order valence-electron chi connectivity index (χ2n) is 7.81. The second-order valence-corrected chi connectivity index (χ2v) is 8.24. The van der Waals surface area contributed by atoms with Crippen LogP contribution in [0, 0.1) is 5.92 Å². The Morgan fingerprint density at radius 2 is 1.77 bits per heavy atom. The first-order valence-corrected chi connectivity index (χ1v) is 10.1. The lowest BCUT2D eigenvalue weighted by Crippen LogP contribution is -2.44. The van der Waals surface area contributed by atoms with Crippen LogP contribution in [0.5, 0.6) is 0 Å². The summed E-state index contributed by atoms with van der Waals surface area (Å²) in [7, 11) is 0. The molecule has 2 fully saturated rings. The van der Waals surface area contributed by atoms with Crippen molar-refractivity contribution in [2.75, 3.05) is 6.61 Å². The van der Waals surface area contributed by atoms with Crippen molar-refractivity contribution < 1.29 is 14.3 Å². The zero-order valence-corrected chi connectivity index (χ0v) is 16.2. The minimum atomic E-state index is -0.636. The maximum absolute atomic E-state index is 12.9. The van der Waals surface area contributed by atoms with Crippen molar-refractivity contribution in [3.8, 4) is 0 Å². The summed E-state index contributed by atoms with van der Waals surface area (Å²) < 4.78 is 5.47. The molecule has 0 unspecified atom stereocenters. The van der Waals surface area contributed by atoms with Crippen molar-refractivity contribution in [1.29, 1.82) is 0 Å². The van der Waals surface area contributed by atoms with E-state index in [1.165, 1.54) is 6.42 Å². The molecule has 2 atom stereocenters. The lowest BCUT2D eigenvalue weighted by molar-refractivity contribution is -0.154. The zero-order valence-electron chi connectivity index (χ0n) is 15.4. The van der Waals surface area contributed by atoms with E-state index in [1.807, 2.05) is 12.1 Å². The van der Waals surface area contributed by atoms with Crippen LogP contribution in [0.25, 0.3) is 0 Å². The molecule has 2 aliphatic rings. The smallest absolute Gasteiger partial charge is 0.317 e. The first-order valence-electron chi connectivity index (χ1n) is 9.74. The third-order valence-corrected chi connectivity index (χ3v) is 6.29. The van der Waals surface area contributed by atoms with Gasteiger partial charge in [-0.2, -0.15) is 0 Å². The minimum Gasteiger partial charge on any atom is -0.455 e. The molecular weight excluding hydrogens is 350 g/mol. The van der Waals surface area contributed by atoms with Gasteiger partial charge in [-0.15, -0.1) is 0 Å². The van der Waals surface area contributed by atoms with Gasteiger partial charge >= 0.3 is 5.97 Å². The summed E-state index contributed by atoms with van der Waals surface area (Å²) in [5.74, 6) is 0.00385. The molecule has 142 valence electrons. The number of hydrogen-bond donors (Lipinski definition) is 1. The number of halogens is 1. The molecule has 0 aliphatic heterocycles. The van der Waals surface area contributed by atoms with Crippen LogP contribution < -0.4 is 5.32 Å². The molecule has 0 bridgehead atoms. The molecule has 1 aromatic carbocycles. The number of esters is 1. The van der Waals surface area contributed by atoms with Crippen molar-refractivity contribution in [2.45, 2.75) is 69.7 Å². The Labute approximate surface area is 160 Å². The van der Waals surface area contributed by atoms with Gasteiger partial charge in [0.05, 0.1) is 5.41 Å². The molecule has 2 saturated carbocycles. The van der Waals surface area contributed by atoms with Gasteiger partial charge in [0.1, 0.15) is 0 Å². The summed E-state index contributed by atoms with van der Waals surface area (Å²) in [6.45, 7) is 1.97. The van der Waals surface area contributed by atoms with Crippen LogP contribution in [0.3, 0.4) is 0 Å². The molecule has 0 aromatic heterocycles. The Hall–Kier alpha value is -1.55. The van der Waals surface area contributed by atoms with Gasteiger partial charge in [0.15, 0.2) is 6.61 Å². The largest absolute Gasteiger partial charge is 0.455 e. The van der Waals surface area contributed by atoms with Crippen LogP contribution in [-0.4, -0.2) is 24.5 Å². The highest BCUT2D eigenvalue weighted by Gasteiger charge is 2.44. The van der Waals surface area contributed by atoms with Gasteiger partial charge in [-0.25, -0.2) is 0 Å². The van der Waals surface area contributed by atoms with Crippen LogP contribution in [0.2, 0.25) is 5.02 Å². The van der Waals surface area contributed by atoms with Crippen LogP contribution in [-0.2, 0) is 19.7 Å². The van der Waals surface area contributed by atoms with Gasteiger partial charge in [-0.05, 0) is 49.3 Å².